The van der Waals surface area contributed by atoms with Crippen molar-refractivity contribution in [1.82, 2.24) is 15.1 Å². The second-order valence-corrected chi connectivity index (χ2v) is 6.63. The van der Waals surface area contributed by atoms with Crippen molar-refractivity contribution in [3.63, 3.8) is 0 Å². The van der Waals surface area contributed by atoms with Crippen LogP contribution < -0.4 is 5.32 Å². The lowest BCUT2D eigenvalue weighted by Crippen LogP contribution is -2.43. The van der Waals surface area contributed by atoms with Crippen LogP contribution in [-0.4, -0.2) is 73.6 Å². The monoisotopic (exact) mass is 309 g/mol. The van der Waals surface area contributed by atoms with Crippen LogP contribution in [0.25, 0.3) is 0 Å². The number of likely N-dealkylation sites (tertiary alicyclic amines) is 1. The predicted molar refractivity (Wildman–Crippen MR) is 82.3 cm³/mol. The Kier molecular flexibility index (Phi) is 5.31. The number of carbonyl (C=O) groups is 2. The predicted octanol–water partition coefficient (Wildman–Crippen LogP) is 0.226. The van der Waals surface area contributed by atoms with E-state index in [1.54, 1.807) is 0 Å². The molecule has 124 valence electrons. The van der Waals surface area contributed by atoms with Gasteiger partial charge in [0.2, 0.25) is 11.8 Å². The molecule has 6 nitrogen and oxygen atoms in total. The Morgan fingerprint density at radius 1 is 1.23 bits per heavy atom. The third-order valence-corrected chi connectivity index (χ3v) is 5.13. The standard InChI is InChI=1S/C16H27N3O3/c20-15-11-13(12-19(15)14-3-1-2-4-14)16(21)17-5-6-18-7-9-22-10-8-18/h13-14H,1-12H2,(H,17,21)/t13-/m0/s1. The summed E-state index contributed by atoms with van der Waals surface area (Å²) in [4.78, 5) is 28.6. The molecular formula is C16H27N3O3. The van der Waals surface area contributed by atoms with E-state index in [-0.39, 0.29) is 17.7 Å². The van der Waals surface area contributed by atoms with Crippen LogP contribution in [0.4, 0.5) is 0 Å². The van der Waals surface area contributed by atoms with Crippen LogP contribution in [-0.2, 0) is 14.3 Å². The normalized spacial score (nSPS) is 27.5. The maximum Gasteiger partial charge on any atom is 0.225 e. The number of hydrogen-bond acceptors (Lipinski definition) is 4. The zero-order valence-electron chi connectivity index (χ0n) is 13.3. The molecule has 2 saturated heterocycles. The van der Waals surface area contributed by atoms with E-state index >= 15 is 0 Å². The molecule has 2 heterocycles. The smallest absolute Gasteiger partial charge is 0.225 e. The molecule has 0 bridgehead atoms. The van der Waals surface area contributed by atoms with Gasteiger partial charge in [-0.3, -0.25) is 14.5 Å². The molecule has 0 aromatic rings. The van der Waals surface area contributed by atoms with Gasteiger partial charge in [0.25, 0.3) is 0 Å². The van der Waals surface area contributed by atoms with E-state index in [4.69, 9.17) is 4.74 Å². The first-order valence-corrected chi connectivity index (χ1v) is 8.61. The average Bonchev–Trinajstić information content (AvgIpc) is 3.17. The van der Waals surface area contributed by atoms with Gasteiger partial charge < -0.3 is 15.0 Å². The molecule has 3 fully saturated rings. The summed E-state index contributed by atoms with van der Waals surface area (Å²) in [6.07, 6.45) is 5.03. The summed E-state index contributed by atoms with van der Waals surface area (Å²) in [5.74, 6) is 0.0557. The number of nitrogens with zero attached hydrogens (tertiary/aromatic N) is 2. The lowest BCUT2D eigenvalue weighted by Gasteiger charge is -2.26. The van der Waals surface area contributed by atoms with Crippen molar-refractivity contribution in [2.24, 2.45) is 5.92 Å². The highest BCUT2D eigenvalue weighted by molar-refractivity contribution is 5.89. The van der Waals surface area contributed by atoms with Crippen molar-refractivity contribution in [3.8, 4) is 0 Å². The van der Waals surface area contributed by atoms with Crippen molar-refractivity contribution < 1.29 is 14.3 Å². The summed E-state index contributed by atoms with van der Waals surface area (Å²) >= 11 is 0. The molecule has 6 heteroatoms. The van der Waals surface area contributed by atoms with Gasteiger partial charge in [-0.25, -0.2) is 0 Å². The molecule has 1 N–H and O–H groups in total. The Morgan fingerprint density at radius 3 is 2.68 bits per heavy atom. The second-order valence-electron chi connectivity index (χ2n) is 6.63. The first-order valence-electron chi connectivity index (χ1n) is 8.61. The molecule has 1 atom stereocenters. The van der Waals surface area contributed by atoms with Gasteiger partial charge >= 0.3 is 0 Å². The van der Waals surface area contributed by atoms with Gasteiger partial charge in [-0.1, -0.05) is 12.8 Å². The van der Waals surface area contributed by atoms with E-state index in [9.17, 15) is 9.59 Å². The zero-order valence-corrected chi connectivity index (χ0v) is 13.3. The SMILES string of the molecule is O=C(NCCN1CCOCC1)[C@H]1CC(=O)N(C2CCCC2)C1. The van der Waals surface area contributed by atoms with E-state index in [0.717, 1.165) is 45.7 Å². The van der Waals surface area contributed by atoms with Gasteiger partial charge in [-0.2, -0.15) is 0 Å². The fourth-order valence-electron chi connectivity index (χ4n) is 3.78. The first-order chi connectivity index (χ1) is 10.7. The summed E-state index contributed by atoms with van der Waals surface area (Å²) in [5.41, 5.74) is 0. The minimum Gasteiger partial charge on any atom is -0.379 e. The minimum absolute atomic E-state index is 0.0436. The number of ether oxygens (including phenoxy) is 1. The molecule has 0 spiro atoms. The Hall–Kier alpha value is -1.14. The number of carbonyl (C=O) groups excluding carboxylic acids is 2. The van der Waals surface area contributed by atoms with Gasteiger partial charge in [-0.15, -0.1) is 0 Å². The average molecular weight is 309 g/mol. The molecule has 3 rings (SSSR count). The summed E-state index contributed by atoms with van der Waals surface area (Å²) in [5, 5.41) is 3.00. The van der Waals surface area contributed by atoms with Crippen molar-refractivity contribution >= 4 is 11.8 Å². The molecule has 0 radical (unpaired) electrons. The lowest BCUT2D eigenvalue weighted by molar-refractivity contribution is -0.130. The summed E-state index contributed by atoms with van der Waals surface area (Å²) < 4.78 is 5.31. The van der Waals surface area contributed by atoms with Crippen LogP contribution in [0.15, 0.2) is 0 Å². The van der Waals surface area contributed by atoms with Crippen molar-refractivity contribution in [2.75, 3.05) is 45.9 Å². The van der Waals surface area contributed by atoms with Gasteiger partial charge in [0, 0.05) is 45.2 Å². The summed E-state index contributed by atoms with van der Waals surface area (Å²) in [6.45, 7) is 5.57. The molecule has 1 saturated carbocycles. The third-order valence-electron chi connectivity index (χ3n) is 5.13. The maximum absolute atomic E-state index is 12.3. The molecule has 0 aromatic carbocycles. The van der Waals surface area contributed by atoms with Crippen molar-refractivity contribution in [3.05, 3.63) is 0 Å². The Balaban J connectivity index is 1.39. The van der Waals surface area contributed by atoms with Crippen LogP contribution >= 0.6 is 0 Å². The molecule has 22 heavy (non-hydrogen) atoms. The minimum atomic E-state index is -0.155. The maximum atomic E-state index is 12.3. The summed E-state index contributed by atoms with van der Waals surface area (Å²) in [6, 6.07) is 0.388. The highest BCUT2D eigenvalue weighted by Gasteiger charge is 2.38. The van der Waals surface area contributed by atoms with Crippen LogP contribution in [0.1, 0.15) is 32.1 Å². The molecule has 3 aliphatic rings. The quantitative estimate of drug-likeness (QED) is 0.789. The van der Waals surface area contributed by atoms with Gasteiger partial charge in [-0.05, 0) is 12.8 Å². The number of nitrogens with one attached hydrogen (secondary N) is 1. The van der Waals surface area contributed by atoms with Crippen molar-refractivity contribution in [2.45, 2.75) is 38.1 Å². The molecular weight excluding hydrogens is 282 g/mol. The van der Waals surface area contributed by atoms with Gasteiger partial charge in [0.1, 0.15) is 0 Å². The van der Waals surface area contributed by atoms with Gasteiger partial charge in [0.15, 0.2) is 0 Å². The van der Waals surface area contributed by atoms with E-state index in [0.29, 0.717) is 25.6 Å². The largest absolute Gasteiger partial charge is 0.379 e. The number of hydrogen-bond donors (Lipinski definition) is 1. The van der Waals surface area contributed by atoms with Crippen LogP contribution in [0.3, 0.4) is 0 Å². The van der Waals surface area contributed by atoms with E-state index in [1.807, 2.05) is 4.90 Å². The number of amides is 2. The van der Waals surface area contributed by atoms with Crippen LogP contribution in [0.2, 0.25) is 0 Å². The van der Waals surface area contributed by atoms with E-state index in [1.165, 1.54) is 12.8 Å². The zero-order chi connectivity index (χ0) is 15.4. The fourth-order valence-corrected chi connectivity index (χ4v) is 3.78. The number of rotatable bonds is 5. The molecule has 0 unspecified atom stereocenters. The number of morpholine rings is 1. The lowest BCUT2D eigenvalue weighted by atomic mass is 10.1. The molecule has 0 aromatic heterocycles. The fraction of sp³-hybridized carbons (Fsp3) is 0.875. The first kappa shape index (κ1) is 15.7. The van der Waals surface area contributed by atoms with Crippen LogP contribution in [0, 0.1) is 5.92 Å². The Bertz CT molecular complexity index is 403. The topological polar surface area (TPSA) is 61.9 Å². The van der Waals surface area contributed by atoms with E-state index < -0.39 is 0 Å². The van der Waals surface area contributed by atoms with Crippen molar-refractivity contribution in [1.29, 1.82) is 0 Å². The van der Waals surface area contributed by atoms with Gasteiger partial charge in [0.05, 0.1) is 19.1 Å². The second kappa shape index (κ2) is 7.42. The highest BCUT2D eigenvalue weighted by Crippen LogP contribution is 2.29. The van der Waals surface area contributed by atoms with E-state index in [2.05, 4.69) is 10.2 Å². The molecule has 1 aliphatic carbocycles. The summed E-state index contributed by atoms with van der Waals surface area (Å²) in [7, 11) is 0. The third kappa shape index (κ3) is 3.79. The Labute approximate surface area is 132 Å². The molecule has 2 amide bonds. The molecule has 2 aliphatic heterocycles. The van der Waals surface area contributed by atoms with Crippen LogP contribution in [0.5, 0.6) is 0 Å². The highest BCUT2D eigenvalue weighted by atomic mass is 16.5. The Morgan fingerprint density at radius 2 is 1.95 bits per heavy atom.